The van der Waals surface area contributed by atoms with E-state index in [0.29, 0.717) is 5.75 Å². The number of thioether (sulfide) groups is 1. The number of aromatic nitrogens is 3. The maximum atomic E-state index is 12.4. The van der Waals surface area contributed by atoms with Gasteiger partial charge in [-0.2, -0.15) is 0 Å². The number of carbonyl (C=O) groups excluding carboxylic acids is 1. The number of fused-ring (bicyclic) bond motifs is 3. The van der Waals surface area contributed by atoms with Gasteiger partial charge in [0.1, 0.15) is 0 Å². The predicted octanol–water partition coefficient (Wildman–Crippen LogP) is 4.29. The fourth-order valence-electron chi connectivity index (χ4n) is 2.77. The summed E-state index contributed by atoms with van der Waals surface area (Å²) in [4.78, 5) is 13.2. The monoisotopic (exact) mass is 368 g/mol. The Morgan fingerprint density at radius 1 is 1.12 bits per heavy atom. The zero-order valence-electron chi connectivity index (χ0n) is 13.8. The van der Waals surface area contributed by atoms with Gasteiger partial charge in [0.15, 0.2) is 5.16 Å². The first-order chi connectivity index (χ1) is 12.1. The van der Waals surface area contributed by atoms with Crippen LogP contribution in [0.5, 0.6) is 0 Å². The first kappa shape index (κ1) is 16.1. The molecule has 0 bridgehead atoms. The largest absolute Gasteiger partial charge is 0.325 e. The molecule has 4 rings (SSSR count). The lowest BCUT2D eigenvalue weighted by molar-refractivity contribution is -0.113. The number of nitrogens with one attached hydrogen (secondary N) is 1. The summed E-state index contributed by atoms with van der Waals surface area (Å²) in [5, 5.41) is 12.2. The molecule has 0 saturated heterocycles. The van der Waals surface area contributed by atoms with Gasteiger partial charge in [0.25, 0.3) is 0 Å². The van der Waals surface area contributed by atoms with E-state index >= 15 is 0 Å². The summed E-state index contributed by atoms with van der Waals surface area (Å²) in [7, 11) is 0. The minimum Gasteiger partial charge on any atom is -0.325 e. The number of thiazole rings is 1. The van der Waals surface area contributed by atoms with E-state index in [2.05, 4.69) is 21.6 Å². The van der Waals surface area contributed by atoms with Crippen molar-refractivity contribution in [2.24, 2.45) is 0 Å². The van der Waals surface area contributed by atoms with Gasteiger partial charge in [0, 0.05) is 5.69 Å². The molecule has 126 valence electrons. The lowest BCUT2D eigenvalue weighted by Crippen LogP contribution is -2.16. The lowest BCUT2D eigenvalue weighted by Gasteiger charge is -2.10. The van der Waals surface area contributed by atoms with E-state index in [1.807, 2.05) is 54.6 Å². The van der Waals surface area contributed by atoms with E-state index in [1.165, 1.54) is 11.8 Å². The van der Waals surface area contributed by atoms with Crippen LogP contribution in [0, 0.1) is 13.8 Å². The molecule has 0 aliphatic rings. The van der Waals surface area contributed by atoms with Gasteiger partial charge in [-0.25, -0.2) is 0 Å². The Morgan fingerprint density at radius 3 is 2.68 bits per heavy atom. The number of anilines is 1. The third kappa shape index (κ3) is 3.01. The summed E-state index contributed by atoms with van der Waals surface area (Å²) in [6.45, 7) is 3.99. The molecular formula is C18H16N4OS2. The molecule has 4 aromatic rings. The van der Waals surface area contributed by atoms with Gasteiger partial charge in [-0.15, -0.1) is 10.2 Å². The zero-order chi connectivity index (χ0) is 17.4. The van der Waals surface area contributed by atoms with Gasteiger partial charge >= 0.3 is 0 Å². The Labute approximate surface area is 153 Å². The van der Waals surface area contributed by atoms with Crippen molar-refractivity contribution in [1.29, 1.82) is 0 Å². The highest BCUT2D eigenvalue weighted by Crippen LogP contribution is 2.29. The molecule has 0 aliphatic heterocycles. The van der Waals surface area contributed by atoms with Crippen molar-refractivity contribution < 1.29 is 4.79 Å². The molecule has 0 radical (unpaired) electrons. The summed E-state index contributed by atoms with van der Waals surface area (Å²) >= 11 is 3.00. The Hall–Kier alpha value is -2.38. The Morgan fingerprint density at radius 2 is 1.88 bits per heavy atom. The average Bonchev–Trinajstić information content (AvgIpc) is 3.15. The van der Waals surface area contributed by atoms with E-state index in [4.69, 9.17) is 0 Å². The number of benzene rings is 2. The van der Waals surface area contributed by atoms with Crippen LogP contribution in [0.1, 0.15) is 11.1 Å². The number of hydrogen-bond donors (Lipinski definition) is 1. The van der Waals surface area contributed by atoms with Crippen LogP contribution in [-0.2, 0) is 4.79 Å². The van der Waals surface area contributed by atoms with Crippen molar-refractivity contribution in [2.45, 2.75) is 19.0 Å². The van der Waals surface area contributed by atoms with Crippen LogP contribution in [0.25, 0.3) is 15.2 Å². The van der Waals surface area contributed by atoms with Crippen molar-refractivity contribution in [3.05, 3.63) is 53.6 Å². The number of nitrogens with zero attached hydrogens (tertiary/aromatic N) is 3. The summed E-state index contributed by atoms with van der Waals surface area (Å²) in [6.07, 6.45) is 0. The highest BCUT2D eigenvalue weighted by Gasteiger charge is 2.14. The lowest BCUT2D eigenvalue weighted by atomic mass is 10.1. The second kappa shape index (κ2) is 6.50. The molecule has 2 aromatic heterocycles. The molecule has 1 N–H and O–H groups in total. The molecule has 7 heteroatoms. The van der Waals surface area contributed by atoms with Crippen molar-refractivity contribution >= 4 is 49.9 Å². The number of aryl methyl sites for hydroxylation is 2. The molecule has 0 aliphatic carbocycles. The highest BCUT2D eigenvalue weighted by molar-refractivity contribution is 7.99. The van der Waals surface area contributed by atoms with Crippen LogP contribution in [0.3, 0.4) is 0 Å². The minimum absolute atomic E-state index is 0.0429. The molecular weight excluding hydrogens is 352 g/mol. The molecule has 0 atom stereocenters. The van der Waals surface area contributed by atoms with Gasteiger partial charge in [-0.05, 0) is 37.1 Å². The average molecular weight is 368 g/mol. The number of amides is 1. The third-order valence-corrected chi connectivity index (χ3v) is 5.93. The highest BCUT2D eigenvalue weighted by atomic mass is 32.2. The molecule has 0 spiro atoms. The van der Waals surface area contributed by atoms with Gasteiger partial charge < -0.3 is 5.32 Å². The van der Waals surface area contributed by atoms with Gasteiger partial charge in [0.05, 0.1) is 16.0 Å². The predicted molar refractivity (Wildman–Crippen MR) is 104 cm³/mol. The minimum atomic E-state index is -0.0429. The van der Waals surface area contributed by atoms with Crippen LogP contribution in [0.2, 0.25) is 0 Å². The van der Waals surface area contributed by atoms with Crippen molar-refractivity contribution in [2.75, 3.05) is 11.1 Å². The van der Waals surface area contributed by atoms with Gasteiger partial charge in [0.2, 0.25) is 10.9 Å². The SMILES string of the molecule is Cc1cccc(C)c1NC(=O)CSc1nnc2sc3ccccc3n12. The Kier molecular flexibility index (Phi) is 4.19. The molecule has 0 unspecified atom stereocenters. The van der Waals surface area contributed by atoms with Crippen LogP contribution >= 0.6 is 23.1 Å². The second-order valence-electron chi connectivity index (χ2n) is 5.77. The summed E-state index contributed by atoms with van der Waals surface area (Å²) in [5.74, 6) is 0.248. The summed E-state index contributed by atoms with van der Waals surface area (Å²) < 4.78 is 3.17. The van der Waals surface area contributed by atoms with E-state index < -0.39 is 0 Å². The van der Waals surface area contributed by atoms with Gasteiger partial charge in [-0.3, -0.25) is 9.20 Å². The van der Waals surface area contributed by atoms with E-state index in [9.17, 15) is 4.79 Å². The van der Waals surface area contributed by atoms with Crippen molar-refractivity contribution in [3.63, 3.8) is 0 Å². The number of para-hydroxylation sites is 2. The molecule has 0 fully saturated rings. The van der Waals surface area contributed by atoms with Gasteiger partial charge in [-0.1, -0.05) is 53.4 Å². The molecule has 0 saturated carbocycles. The Bertz CT molecular complexity index is 1060. The molecule has 25 heavy (non-hydrogen) atoms. The van der Waals surface area contributed by atoms with Crippen LogP contribution in [0.15, 0.2) is 47.6 Å². The number of hydrogen-bond acceptors (Lipinski definition) is 5. The fraction of sp³-hybridized carbons (Fsp3) is 0.167. The molecule has 1 amide bonds. The zero-order valence-corrected chi connectivity index (χ0v) is 15.4. The fourth-order valence-corrected chi connectivity index (χ4v) is 4.53. The van der Waals surface area contributed by atoms with Crippen LogP contribution < -0.4 is 5.32 Å². The summed E-state index contributed by atoms with van der Waals surface area (Å²) in [5.41, 5.74) is 4.09. The molecule has 2 heterocycles. The third-order valence-electron chi connectivity index (χ3n) is 3.99. The quantitative estimate of drug-likeness (QED) is 0.546. The standard InChI is InChI=1S/C18H16N4OS2/c1-11-6-5-7-12(2)16(11)19-15(23)10-24-17-20-21-18-22(17)13-8-3-4-9-14(13)25-18/h3-9H,10H2,1-2H3,(H,19,23). The molecule has 2 aromatic carbocycles. The van der Waals surface area contributed by atoms with E-state index in [-0.39, 0.29) is 5.91 Å². The van der Waals surface area contributed by atoms with Crippen LogP contribution in [-0.4, -0.2) is 26.3 Å². The van der Waals surface area contributed by atoms with Crippen molar-refractivity contribution in [3.8, 4) is 0 Å². The first-order valence-corrected chi connectivity index (χ1v) is 9.65. The van der Waals surface area contributed by atoms with Crippen LogP contribution in [0.4, 0.5) is 5.69 Å². The topological polar surface area (TPSA) is 59.3 Å². The van der Waals surface area contributed by atoms with E-state index in [1.54, 1.807) is 11.3 Å². The maximum Gasteiger partial charge on any atom is 0.234 e. The molecule has 5 nitrogen and oxygen atoms in total. The summed E-state index contributed by atoms with van der Waals surface area (Å²) in [6, 6.07) is 14.1. The van der Waals surface area contributed by atoms with Crippen molar-refractivity contribution in [1.82, 2.24) is 14.6 Å². The second-order valence-corrected chi connectivity index (χ2v) is 7.73. The Balaban J connectivity index is 1.53. The maximum absolute atomic E-state index is 12.4. The van der Waals surface area contributed by atoms with E-state index in [0.717, 1.165) is 37.1 Å². The first-order valence-electron chi connectivity index (χ1n) is 7.85. The number of carbonyl (C=O) groups is 1. The normalized spacial score (nSPS) is 11.3. The number of rotatable bonds is 4. The smallest absolute Gasteiger partial charge is 0.234 e.